The lowest BCUT2D eigenvalue weighted by Gasteiger charge is -2.35. The molecule has 2 saturated heterocycles. The Morgan fingerprint density at radius 2 is 1.85 bits per heavy atom. The first kappa shape index (κ1) is 24.0. The smallest absolute Gasteiger partial charge is 0.193 e. The van der Waals surface area contributed by atoms with Crippen LogP contribution >= 0.6 is 24.0 Å². The van der Waals surface area contributed by atoms with Crippen LogP contribution in [0.5, 0.6) is 0 Å². The maximum absolute atomic E-state index is 5.45. The SMILES string of the molecule is CN=C(NCCCN1CC(C)CC(C)C1)N(C)CCC1CCOCC1.I. The number of nitrogens with one attached hydrogen (secondary N) is 1. The van der Waals surface area contributed by atoms with Crippen LogP contribution in [0.3, 0.4) is 0 Å². The summed E-state index contributed by atoms with van der Waals surface area (Å²) in [5, 5.41) is 3.54. The highest BCUT2D eigenvalue weighted by Crippen LogP contribution is 2.21. The molecule has 0 bridgehead atoms. The molecule has 2 heterocycles. The monoisotopic (exact) mass is 480 g/mol. The molecule has 6 heteroatoms. The van der Waals surface area contributed by atoms with Crippen LogP contribution in [0.4, 0.5) is 0 Å². The first-order valence-electron chi connectivity index (χ1n) is 10.3. The lowest BCUT2D eigenvalue weighted by Crippen LogP contribution is -2.42. The highest BCUT2D eigenvalue weighted by Gasteiger charge is 2.21. The molecule has 0 aromatic carbocycles. The van der Waals surface area contributed by atoms with Gasteiger partial charge in [-0.1, -0.05) is 13.8 Å². The van der Waals surface area contributed by atoms with Crippen molar-refractivity contribution in [1.82, 2.24) is 15.1 Å². The van der Waals surface area contributed by atoms with Crippen LogP contribution < -0.4 is 5.32 Å². The van der Waals surface area contributed by atoms with Crippen LogP contribution in [0, 0.1) is 17.8 Å². The zero-order valence-corrected chi connectivity index (χ0v) is 19.7. The summed E-state index contributed by atoms with van der Waals surface area (Å²) in [4.78, 5) is 9.37. The van der Waals surface area contributed by atoms with Crippen molar-refractivity contribution in [2.24, 2.45) is 22.7 Å². The fourth-order valence-corrected chi connectivity index (χ4v) is 4.38. The van der Waals surface area contributed by atoms with Crippen molar-refractivity contribution in [2.45, 2.75) is 46.0 Å². The van der Waals surface area contributed by atoms with Crippen molar-refractivity contribution in [1.29, 1.82) is 0 Å². The molecule has 0 aliphatic carbocycles. The molecule has 0 aromatic rings. The van der Waals surface area contributed by atoms with Crippen molar-refractivity contribution < 1.29 is 4.74 Å². The van der Waals surface area contributed by atoms with E-state index in [1.807, 2.05) is 7.05 Å². The van der Waals surface area contributed by atoms with E-state index in [1.165, 1.54) is 51.7 Å². The Labute approximate surface area is 178 Å². The van der Waals surface area contributed by atoms with Gasteiger partial charge in [-0.2, -0.15) is 0 Å². The third kappa shape index (κ3) is 8.74. The molecule has 2 fully saturated rings. The molecule has 2 aliphatic heterocycles. The van der Waals surface area contributed by atoms with Crippen molar-refractivity contribution in [2.75, 3.05) is 60.0 Å². The van der Waals surface area contributed by atoms with Crippen LogP contribution in [0.2, 0.25) is 0 Å². The Bertz CT molecular complexity index is 391. The summed E-state index contributed by atoms with van der Waals surface area (Å²) in [5.74, 6) is 3.55. The molecule has 154 valence electrons. The molecule has 0 spiro atoms. The van der Waals surface area contributed by atoms with Crippen LogP contribution in [0.25, 0.3) is 0 Å². The summed E-state index contributed by atoms with van der Waals surface area (Å²) in [6, 6.07) is 0. The van der Waals surface area contributed by atoms with E-state index in [-0.39, 0.29) is 24.0 Å². The normalized spacial score (nSPS) is 25.6. The van der Waals surface area contributed by atoms with Crippen LogP contribution in [-0.2, 0) is 4.74 Å². The quantitative estimate of drug-likeness (QED) is 0.263. The Kier molecular flexibility index (Phi) is 12.1. The van der Waals surface area contributed by atoms with Gasteiger partial charge < -0.3 is 19.9 Å². The Morgan fingerprint density at radius 3 is 2.46 bits per heavy atom. The third-order valence-corrected chi connectivity index (χ3v) is 5.67. The van der Waals surface area contributed by atoms with Gasteiger partial charge >= 0.3 is 0 Å². The molecule has 0 aromatic heterocycles. The van der Waals surface area contributed by atoms with Gasteiger partial charge in [-0.15, -0.1) is 24.0 Å². The molecule has 2 aliphatic rings. The van der Waals surface area contributed by atoms with E-state index >= 15 is 0 Å². The molecular weight excluding hydrogens is 439 g/mol. The maximum Gasteiger partial charge on any atom is 0.193 e. The summed E-state index contributed by atoms with van der Waals surface area (Å²) in [6.45, 7) is 12.5. The van der Waals surface area contributed by atoms with Crippen molar-refractivity contribution in [3.8, 4) is 0 Å². The summed E-state index contributed by atoms with van der Waals surface area (Å²) in [7, 11) is 4.05. The van der Waals surface area contributed by atoms with Crippen LogP contribution in [0.1, 0.15) is 46.0 Å². The topological polar surface area (TPSA) is 40.1 Å². The average Bonchev–Trinajstić information content (AvgIpc) is 2.60. The second kappa shape index (κ2) is 13.2. The molecule has 0 amide bonds. The number of rotatable bonds is 7. The second-order valence-corrected chi connectivity index (χ2v) is 8.30. The Balaban J connectivity index is 0.00000338. The standard InChI is InChI=1S/C20H40N4O.HI/c1-17-14-18(2)16-24(15-17)10-5-9-22-20(21-3)23(4)11-6-19-7-12-25-13-8-19;/h17-19H,5-16H2,1-4H3,(H,21,22);1H. The summed E-state index contributed by atoms with van der Waals surface area (Å²) in [5.41, 5.74) is 0. The third-order valence-electron chi connectivity index (χ3n) is 5.67. The maximum atomic E-state index is 5.45. The predicted octanol–water partition coefficient (Wildman–Crippen LogP) is 3.30. The minimum Gasteiger partial charge on any atom is -0.381 e. The lowest BCUT2D eigenvalue weighted by atomic mass is 9.92. The molecule has 1 N–H and O–H groups in total. The number of hydrogen-bond acceptors (Lipinski definition) is 3. The lowest BCUT2D eigenvalue weighted by molar-refractivity contribution is 0.0625. The highest BCUT2D eigenvalue weighted by molar-refractivity contribution is 14.0. The number of hydrogen-bond donors (Lipinski definition) is 1. The van der Waals surface area contributed by atoms with E-state index in [9.17, 15) is 0 Å². The van der Waals surface area contributed by atoms with Gasteiger partial charge in [-0.25, -0.2) is 0 Å². The van der Waals surface area contributed by atoms with E-state index in [0.29, 0.717) is 0 Å². The van der Waals surface area contributed by atoms with Gasteiger partial charge in [0.25, 0.3) is 0 Å². The van der Waals surface area contributed by atoms with Gasteiger partial charge in [0.05, 0.1) is 0 Å². The average molecular weight is 480 g/mol. The van der Waals surface area contributed by atoms with Gasteiger partial charge in [0.15, 0.2) is 5.96 Å². The number of guanidine groups is 1. The molecule has 2 rings (SSSR count). The van der Waals surface area contributed by atoms with Crippen molar-refractivity contribution >= 4 is 29.9 Å². The Morgan fingerprint density at radius 1 is 1.19 bits per heavy atom. The second-order valence-electron chi connectivity index (χ2n) is 8.30. The Hall–Kier alpha value is -0.0800. The highest BCUT2D eigenvalue weighted by atomic mass is 127. The van der Waals surface area contributed by atoms with E-state index in [1.54, 1.807) is 0 Å². The molecule has 5 nitrogen and oxygen atoms in total. The molecular formula is C20H41IN4O. The van der Waals surface area contributed by atoms with E-state index < -0.39 is 0 Å². The minimum absolute atomic E-state index is 0. The zero-order chi connectivity index (χ0) is 18.1. The first-order valence-corrected chi connectivity index (χ1v) is 10.3. The van der Waals surface area contributed by atoms with Gasteiger partial charge in [0.2, 0.25) is 0 Å². The first-order chi connectivity index (χ1) is 12.1. The van der Waals surface area contributed by atoms with Crippen LogP contribution in [0.15, 0.2) is 4.99 Å². The summed E-state index contributed by atoms with van der Waals surface area (Å²) < 4.78 is 5.45. The number of likely N-dealkylation sites (tertiary alicyclic amines) is 1. The fourth-order valence-electron chi connectivity index (χ4n) is 4.38. The van der Waals surface area contributed by atoms with Gasteiger partial charge in [0, 0.05) is 53.5 Å². The fraction of sp³-hybridized carbons (Fsp3) is 0.950. The molecule has 2 atom stereocenters. The number of halogens is 1. The van der Waals surface area contributed by atoms with Gasteiger partial charge in [-0.05, 0) is 56.4 Å². The summed E-state index contributed by atoms with van der Waals surface area (Å²) >= 11 is 0. The molecule has 0 saturated carbocycles. The largest absolute Gasteiger partial charge is 0.381 e. The number of piperidine rings is 1. The van der Waals surface area contributed by atoms with E-state index in [0.717, 1.165) is 50.0 Å². The molecule has 2 unspecified atom stereocenters. The number of nitrogens with zero attached hydrogens (tertiary/aromatic N) is 3. The molecule has 26 heavy (non-hydrogen) atoms. The molecule has 0 radical (unpaired) electrons. The number of aliphatic imine (C=N–C) groups is 1. The zero-order valence-electron chi connectivity index (χ0n) is 17.4. The number of ether oxygens (including phenoxy) is 1. The minimum atomic E-state index is 0. The van der Waals surface area contributed by atoms with E-state index in [4.69, 9.17) is 4.74 Å². The predicted molar refractivity (Wildman–Crippen MR) is 122 cm³/mol. The summed E-state index contributed by atoms with van der Waals surface area (Å²) in [6.07, 6.45) is 6.24. The van der Waals surface area contributed by atoms with Crippen molar-refractivity contribution in [3.05, 3.63) is 0 Å². The van der Waals surface area contributed by atoms with Crippen molar-refractivity contribution in [3.63, 3.8) is 0 Å². The van der Waals surface area contributed by atoms with Gasteiger partial charge in [0.1, 0.15) is 0 Å². The van der Waals surface area contributed by atoms with Gasteiger partial charge in [-0.3, -0.25) is 4.99 Å². The van der Waals surface area contributed by atoms with Crippen LogP contribution in [-0.4, -0.2) is 75.8 Å². The van der Waals surface area contributed by atoms with E-state index in [2.05, 4.69) is 41.0 Å².